The van der Waals surface area contributed by atoms with Gasteiger partial charge in [-0.15, -0.1) is 24.0 Å². The molecule has 8 nitrogen and oxygen atoms in total. The standard InChI is InChI=1S/C25H33N7O.HI/c1-2-27-25(28-15-21-6-5-7-22(14-21)17-32-20-26-19-30-32)29-16-23-8-3-4-9-24(23)18-31-10-12-33-13-11-31;/h3-9,14,19-20H,2,10-13,15-18H2,1H3,(H2,27,28,29);1H. The van der Waals surface area contributed by atoms with E-state index in [1.54, 1.807) is 12.7 Å². The van der Waals surface area contributed by atoms with Gasteiger partial charge in [-0.25, -0.2) is 14.7 Å². The fourth-order valence-corrected chi connectivity index (χ4v) is 3.90. The molecule has 4 rings (SSSR count). The zero-order valence-electron chi connectivity index (χ0n) is 19.7. The van der Waals surface area contributed by atoms with Crippen LogP contribution >= 0.6 is 24.0 Å². The number of guanidine groups is 1. The molecule has 9 heteroatoms. The lowest BCUT2D eigenvalue weighted by Crippen LogP contribution is -2.38. The minimum absolute atomic E-state index is 0. The van der Waals surface area contributed by atoms with E-state index in [4.69, 9.17) is 9.73 Å². The van der Waals surface area contributed by atoms with Crippen LogP contribution in [-0.4, -0.2) is 58.5 Å². The molecule has 3 aromatic rings. The van der Waals surface area contributed by atoms with Crippen molar-refractivity contribution in [2.24, 2.45) is 4.99 Å². The lowest BCUT2D eigenvalue weighted by molar-refractivity contribution is 0.0341. The van der Waals surface area contributed by atoms with Crippen LogP contribution < -0.4 is 10.6 Å². The van der Waals surface area contributed by atoms with Crippen molar-refractivity contribution >= 4 is 29.9 Å². The van der Waals surface area contributed by atoms with E-state index in [0.29, 0.717) is 13.1 Å². The highest BCUT2D eigenvalue weighted by Gasteiger charge is 2.12. The van der Waals surface area contributed by atoms with Gasteiger partial charge in [0, 0.05) is 32.7 Å². The average Bonchev–Trinajstić information content (AvgIpc) is 3.36. The number of aliphatic imine (C=N–C) groups is 1. The number of hydrogen-bond donors (Lipinski definition) is 2. The molecule has 1 saturated heterocycles. The fraction of sp³-hybridized carbons (Fsp3) is 0.400. The molecule has 1 aliphatic heterocycles. The Balaban J connectivity index is 0.00000324. The average molecular weight is 575 g/mol. The molecular formula is C25H34IN7O. The van der Waals surface area contributed by atoms with Gasteiger partial charge in [-0.05, 0) is 29.2 Å². The molecule has 0 bridgehead atoms. The van der Waals surface area contributed by atoms with E-state index in [1.807, 2.05) is 4.68 Å². The summed E-state index contributed by atoms with van der Waals surface area (Å²) in [6.45, 7) is 9.51. The molecule has 0 spiro atoms. The largest absolute Gasteiger partial charge is 0.379 e. The van der Waals surface area contributed by atoms with Crippen molar-refractivity contribution in [3.8, 4) is 0 Å². The predicted octanol–water partition coefficient (Wildman–Crippen LogP) is 3.03. The van der Waals surface area contributed by atoms with E-state index in [9.17, 15) is 0 Å². The maximum atomic E-state index is 5.49. The molecule has 0 radical (unpaired) electrons. The highest BCUT2D eigenvalue weighted by Crippen LogP contribution is 2.13. The van der Waals surface area contributed by atoms with Crippen molar-refractivity contribution in [2.45, 2.75) is 33.1 Å². The van der Waals surface area contributed by atoms with Crippen LogP contribution in [0.25, 0.3) is 0 Å². The second kappa shape index (κ2) is 14.0. The number of ether oxygens (including phenoxy) is 1. The maximum Gasteiger partial charge on any atom is 0.191 e. The van der Waals surface area contributed by atoms with Gasteiger partial charge in [0.1, 0.15) is 12.7 Å². The number of benzene rings is 2. The SMILES string of the molecule is CCNC(=NCc1cccc(Cn2cncn2)c1)NCc1ccccc1CN1CCOCC1.I. The molecule has 182 valence electrons. The highest BCUT2D eigenvalue weighted by molar-refractivity contribution is 14.0. The van der Waals surface area contributed by atoms with Crippen molar-refractivity contribution < 1.29 is 4.74 Å². The van der Waals surface area contributed by atoms with Crippen LogP contribution in [0.4, 0.5) is 0 Å². The number of hydrogen-bond acceptors (Lipinski definition) is 5. The summed E-state index contributed by atoms with van der Waals surface area (Å²) in [5, 5.41) is 11.1. The zero-order chi connectivity index (χ0) is 22.7. The van der Waals surface area contributed by atoms with Crippen LogP contribution in [0, 0.1) is 0 Å². The highest BCUT2D eigenvalue weighted by atomic mass is 127. The molecule has 0 aliphatic carbocycles. The van der Waals surface area contributed by atoms with E-state index in [-0.39, 0.29) is 24.0 Å². The first-order valence-corrected chi connectivity index (χ1v) is 11.6. The normalized spacial score (nSPS) is 14.4. The minimum Gasteiger partial charge on any atom is -0.379 e. The molecule has 2 N–H and O–H groups in total. The maximum absolute atomic E-state index is 5.49. The zero-order valence-corrected chi connectivity index (χ0v) is 22.0. The summed E-state index contributed by atoms with van der Waals surface area (Å²) in [5.41, 5.74) is 4.99. The molecule has 1 aromatic heterocycles. The Morgan fingerprint density at radius 3 is 2.56 bits per heavy atom. The van der Waals surface area contributed by atoms with Crippen LogP contribution in [0.5, 0.6) is 0 Å². The lowest BCUT2D eigenvalue weighted by Gasteiger charge is -2.27. The molecule has 0 saturated carbocycles. The van der Waals surface area contributed by atoms with Crippen molar-refractivity contribution in [3.05, 3.63) is 83.4 Å². The quantitative estimate of drug-likeness (QED) is 0.232. The smallest absolute Gasteiger partial charge is 0.191 e. The van der Waals surface area contributed by atoms with Gasteiger partial charge in [-0.3, -0.25) is 4.90 Å². The number of aromatic nitrogens is 3. The Kier molecular flexibility index (Phi) is 10.8. The second-order valence-corrected chi connectivity index (χ2v) is 8.12. The summed E-state index contributed by atoms with van der Waals surface area (Å²) in [7, 11) is 0. The van der Waals surface area contributed by atoms with Crippen molar-refractivity contribution in [1.29, 1.82) is 0 Å². The second-order valence-electron chi connectivity index (χ2n) is 8.12. The van der Waals surface area contributed by atoms with Crippen molar-refractivity contribution in [3.63, 3.8) is 0 Å². The summed E-state index contributed by atoms with van der Waals surface area (Å²) >= 11 is 0. The Morgan fingerprint density at radius 2 is 1.79 bits per heavy atom. The summed E-state index contributed by atoms with van der Waals surface area (Å²) < 4.78 is 7.31. The third kappa shape index (κ3) is 8.07. The van der Waals surface area contributed by atoms with Gasteiger partial charge in [0.25, 0.3) is 0 Å². The van der Waals surface area contributed by atoms with Gasteiger partial charge < -0.3 is 15.4 Å². The molecule has 0 atom stereocenters. The Bertz CT molecular complexity index is 1020. The van der Waals surface area contributed by atoms with Gasteiger partial charge in [0.05, 0.1) is 26.3 Å². The predicted molar refractivity (Wildman–Crippen MR) is 145 cm³/mol. The van der Waals surface area contributed by atoms with Crippen LogP contribution in [0.1, 0.15) is 29.2 Å². The monoisotopic (exact) mass is 575 g/mol. The lowest BCUT2D eigenvalue weighted by atomic mass is 10.1. The summed E-state index contributed by atoms with van der Waals surface area (Å²) in [4.78, 5) is 11.3. The topological polar surface area (TPSA) is 79.6 Å². The summed E-state index contributed by atoms with van der Waals surface area (Å²) in [6.07, 6.45) is 3.29. The molecule has 1 aliphatic rings. The van der Waals surface area contributed by atoms with E-state index in [2.05, 4.69) is 81.1 Å². The van der Waals surface area contributed by atoms with E-state index >= 15 is 0 Å². The third-order valence-electron chi connectivity index (χ3n) is 5.63. The fourth-order valence-electron chi connectivity index (χ4n) is 3.90. The summed E-state index contributed by atoms with van der Waals surface area (Å²) in [6, 6.07) is 17.1. The molecule has 1 fully saturated rings. The number of nitrogens with one attached hydrogen (secondary N) is 2. The van der Waals surface area contributed by atoms with Crippen LogP contribution in [0.3, 0.4) is 0 Å². The Labute approximate surface area is 218 Å². The first kappa shape index (κ1) is 26.1. The van der Waals surface area contributed by atoms with Gasteiger partial charge in [0.2, 0.25) is 0 Å². The van der Waals surface area contributed by atoms with Crippen LogP contribution in [-0.2, 0) is 30.9 Å². The van der Waals surface area contributed by atoms with Crippen LogP contribution in [0.15, 0.2) is 66.2 Å². The molecule has 0 amide bonds. The Hall–Kier alpha value is -2.50. The van der Waals surface area contributed by atoms with Gasteiger partial charge in [-0.1, -0.05) is 48.5 Å². The van der Waals surface area contributed by atoms with Gasteiger partial charge >= 0.3 is 0 Å². The Morgan fingerprint density at radius 1 is 1.00 bits per heavy atom. The van der Waals surface area contributed by atoms with E-state index in [0.717, 1.165) is 57.5 Å². The van der Waals surface area contributed by atoms with E-state index < -0.39 is 0 Å². The van der Waals surface area contributed by atoms with Gasteiger partial charge in [0.15, 0.2) is 5.96 Å². The molecule has 0 unspecified atom stereocenters. The number of morpholine rings is 1. The summed E-state index contributed by atoms with van der Waals surface area (Å²) in [5.74, 6) is 0.820. The molecule has 2 aromatic carbocycles. The van der Waals surface area contributed by atoms with Gasteiger partial charge in [-0.2, -0.15) is 5.10 Å². The van der Waals surface area contributed by atoms with Crippen molar-refractivity contribution in [2.75, 3.05) is 32.8 Å². The third-order valence-corrected chi connectivity index (χ3v) is 5.63. The van der Waals surface area contributed by atoms with Crippen LogP contribution in [0.2, 0.25) is 0 Å². The number of nitrogens with zero attached hydrogens (tertiary/aromatic N) is 5. The van der Waals surface area contributed by atoms with Crippen molar-refractivity contribution in [1.82, 2.24) is 30.3 Å². The first-order valence-electron chi connectivity index (χ1n) is 11.6. The number of halogens is 1. The molecular weight excluding hydrogens is 541 g/mol. The molecule has 34 heavy (non-hydrogen) atoms. The number of rotatable bonds is 9. The first-order chi connectivity index (χ1) is 16.3. The minimum atomic E-state index is 0. The van der Waals surface area contributed by atoms with E-state index in [1.165, 1.54) is 16.7 Å². The molecule has 2 heterocycles.